The van der Waals surface area contributed by atoms with Crippen molar-refractivity contribution in [3.05, 3.63) is 57.6 Å². The Bertz CT molecular complexity index is 1020. The molecule has 1 fully saturated rings. The lowest BCUT2D eigenvalue weighted by molar-refractivity contribution is -0.385. The van der Waals surface area contributed by atoms with E-state index in [1.54, 1.807) is 6.07 Å². The molecule has 170 valence electrons. The van der Waals surface area contributed by atoms with Crippen LogP contribution in [0.15, 0.2) is 36.4 Å². The molecule has 32 heavy (non-hydrogen) atoms. The summed E-state index contributed by atoms with van der Waals surface area (Å²) in [6, 6.07) is 10.5. The van der Waals surface area contributed by atoms with E-state index in [0.717, 1.165) is 29.7 Å². The lowest BCUT2D eigenvalue weighted by atomic mass is 10.1. The first-order chi connectivity index (χ1) is 15.3. The van der Waals surface area contributed by atoms with Crippen LogP contribution in [0.2, 0.25) is 0 Å². The van der Waals surface area contributed by atoms with Crippen LogP contribution < -0.4 is 15.4 Å². The largest absolute Gasteiger partial charge is 0.490 e. The van der Waals surface area contributed by atoms with Crippen LogP contribution in [-0.4, -0.2) is 47.9 Å². The van der Waals surface area contributed by atoms with Crippen LogP contribution in [0.4, 0.5) is 17.1 Å². The summed E-state index contributed by atoms with van der Waals surface area (Å²) in [5.41, 5.74) is 2.97. The SMILES string of the molecule is COc1ccc(NC(=O)CCN(CC(=O)Nc2cc(C)ccc2C)C2CC2)cc1[N+](=O)[O-]. The van der Waals surface area contributed by atoms with Gasteiger partial charge in [-0.1, -0.05) is 12.1 Å². The Hall–Kier alpha value is -3.46. The number of hydrogen-bond acceptors (Lipinski definition) is 6. The quantitative estimate of drug-likeness (QED) is 0.431. The number of rotatable bonds is 10. The molecular weight excluding hydrogens is 412 g/mol. The van der Waals surface area contributed by atoms with Gasteiger partial charge in [-0.05, 0) is 56.0 Å². The molecule has 2 aromatic rings. The van der Waals surface area contributed by atoms with E-state index in [1.807, 2.05) is 36.9 Å². The Kier molecular flexibility index (Phi) is 7.42. The molecule has 0 radical (unpaired) electrons. The van der Waals surface area contributed by atoms with Crippen molar-refractivity contribution in [2.24, 2.45) is 0 Å². The van der Waals surface area contributed by atoms with Crippen LogP contribution in [0.1, 0.15) is 30.4 Å². The zero-order valence-corrected chi connectivity index (χ0v) is 18.5. The number of nitro benzene ring substituents is 1. The molecule has 0 atom stereocenters. The second-order valence-corrected chi connectivity index (χ2v) is 8.01. The van der Waals surface area contributed by atoms with Crippen molar-refractivity contribution in [1.29, 1.82) is 0 Å². The number of carbonyl (C=O) groups is 2. The average Bonchev–Trinajstić information content (AvgIpc) is 3.59. The Balaban J connectivity index is 1.55. The Morgan fingerprint density at radius 2 is 1.88 bits per heavy atom. The van der Waals surface area contributed by atoms with Gasteiger partial charge >= 0.3 is 5.69 Å². The Morgan fingerprint density at radius 1 is 1.12 bits per heavy atom. The molecule has 9 heteroatoms. The first kappa shape index (κ1) is 23.2. The summed E-state index contributed by atoms with van der Waals surface area (Å²) in [6.07, 6.45) is 2.18. The van der Waals surface area contributed by atoms with Crippen molar-refractivity contribution in [3.63, 3.8) is 0 Å². The summed E-state index contributed by atoms with van der Waals surface area (Å²) in [7, 11) is 1.35. The van der Waals surface area contributed by atoms with Gasteiger partial charge in [0.05, 0.1) is 18.6 Å². The topological polar surface area (TPSA) is 114 Å². The third kappa shape index (κ3) is 6.27. The third-order valence-electron chi connectivity index (χ3n) is 5.36. The van der Waals surface area contributed by atoms with E-state index in [-0.39, 0.29) is 36.2 Å². The van der Waals surface area contributed by atoms with E-state index in [1.165, 1.54) is 19.2 Å². The number of ether oxygens (including phenoxy) is 1. The second-order valence-electron chi connectivity index (χ2n) is 8.01. The fraction of sp³-hybridized carbons (Fsp3) is 0.391. The molecule has 2 N–H and O–H groups in total. The highest BCUT2D eigenvalue weighted by Crippen LogP contribution is 2.30. The maximum Gasteiger partial charge on any atom is 0.312 e. The van der Waals surface area contributed by atoms with E-state index >= 15 is 0 Å². The molecule has 0 unspecified atom stereocenters. The molecule has 1 saturated carbocycles. The molecule has 1 aliphatic rings. The fourth-order valence-corrected chi connectivity index (χ4v) is 3.45. The summed E-state index contributed by atoms with van der Waals surface area (Å²) < 4.78 is 4.97. The van der Waals surface area contributed by atoms with E-state index in [2.05, 4.69) is 10.6 Å². The van der Waals surface area contributed by atoms with Gasteiger partial charge in [0, 0.05) is 36.4 Å². The van der Waals surface area contributed by atoms with Crippen LogP contribution in [0.25, 0.3) is 0 Å². The predicted octanol–water partition coefficient (Wildman–Crippen LogP) is 3.65. The molecule has 0 aliphatic heterocycles. The number of nitrogens with zero attached hydrogens (tertiary/aromatic N) is 2. The van der Waals surface area contributed by atoms with Gasteiger partial charge < -0.3 is 15.4 Å². The van der Waals surface area contributed by atoms with Gasteiger partial charge in [-0.15, -0.1) is 0 Å². The smallest absolute Gasteiger partial charge is 0.312 e. The van der Waals surface area contributed by atoms with Crippen molar-refractivity contribution in [2.75, 3.05) is 30.8 Å². The number of anilines is 2. The first-order valence-electron chi connectivity index (χ1n) is 10.5. The molecule has 2 amide bonds. The number of amides is 2. The lowest BCUT2D eigenvalue weighted by Gasteiger charge is -2.21. The number of hydrogen-bond donors (Lipinski definition) is 2. The predicted molar refractivity (Wildman–Crippen MR) is 122 cm³/mol. The maximum atomic E-state index is 12.6. The van der Waals surface area contributed by atoms with Crippen molar-refractivity contribution < 1.29 is 19.2 Å². The van der Waals surface area contributed by atoms with Crippen LogP contribution in [-0.2, 0) is 9.59 Å². The average molecular weight is 441 g/mol. The highest BCUT2D eigenvalue weighted by atomic mass is 16.6. The van der Waals surface area contributed by atoms with Crippen molar-refractivity contribution in [3.8, 4) is 5.75 Å². The number of benzene rings is 2. The number of carbonyl (C=O) groups excluding carboxylic acids is 2. The van der Waals surface area contributed by atoms with E-state index in [4.69, 9.17) is 4.74 Å². The van der Waals surface area contributed by atoms with Crippen LogP contribution >= 0.6 is 0 Å². The molecule has 1 aliphatic carbocycles. The molecule has 9 nitrogen and oxygen atoms in total. The third-order valence-corrected chi connectivity index (χ3v) is 5.36. The molecule has 0 bridgehead atoms. The molecule has 2 aromatic carbocycles. The van der Waals surface area contributed by atoms with Crippen LogP contribution in [0.5, 0.6) is 5.75 Å². The number of nitro groups is 1. The number of aryl methyl sites for hydroxylation is 2. The van der Waals surface area contributed by atoms with Crippen molar-refractivity contribution >= 4 is 28.9 Å². The number of methoxy groups -OCH3 is 1. The van der Waals surface area contributed by atoms with Gasteiger partial charge in [0.25, 0.3) is 0 Å². The minimum Gasteiger partial charge on any atom is -0.490 e. The van der Waals surface area contributed by atoms with E-state index in [9.17, 15) is 19.7 Å². The minimum absolute atomic E-state index is 0.114. The van der Waals surface area contributed by atoms with Gasteiger partial charge in [0.2, 0.25) is 11.8 Å². The summed E-state index contributed by atoms with van der Waals surface area (Å²) in [4.78, 5) is 37.6. The number of nitrogens with one attached hydrogen (secondary N) is 2. The first-order valence-corrected chi connectivity index (χ1v) is 10.5. The molecule has 0 spiro atoms. The normalized spacial score (nSPS) is 13.0. The van der Waals surface area contributed by atoms with Gasteiger partial charge in [0.15, 0.2) is 5.75 Å². The van der Waals surface area contributed by atoms with Crippen LogP contribution in [0.3, 0.4) is 0 Å². The highest BCUT2D eigenvalue weighted by Gasteiger charge is 2.30. The van der Waals surface area contributed by atoms with Gasteiger partial charge in [-0.3, -0.25) is 24.6 Å². The van der Waals surface area contributed by atoms with E-state index < -0.39 is 4.92 Å². The zero-order chi connectivity index (χ0) is 23.3. The van der Waals surface area contributed by atoms with Gasteiger partial charge in [-0.25, -0.2) is 0 Å². The molecule has 0 saturated heterocycles. The highest BCUT2D eigenvalue weighted by molar-refractivity contribution is 5.93. The second kappa shape index (κ2) is 10.2. The molecule has 3 rings (SSSR count). The summed E-state index contributed by atoms with van der Waals surface area (Å²) in [5.74, 6) is -0.260. The van der Waals surface area contributed by atoms with Gasteiger partial charge in [-0.2, -0.15) is 0 Å². The van der Waals surface area contributed by atoms with Crippen molar-refractivity contribution in [2.45, 2.75) is 39.2 Å². The van der Waals surface area contributed by atoms with Gasteiger partial charge in [0.1, 0.15) is 0 Å². The standard InChI is InChI=1S/C23H28N4O5/c1-15-4-5-16(2)19(12-15)25-23(29)14-26(18-7-8-18)11-10-22(28)24-17-6-9-21(32-3)20(13-17)27(30)31/h4-6,9,12-13,18H,7-8,10-11,14H2,1-3H3,(H,24,28)(H,25,29). The molecular formula is C23H28N4O5. The minimum atomic E-state index is -0.558. The fourth-order valence-electron chi connectivity index (χ4n) is 3.45. The monoisotopic (exact) mass is 440 g/mol. The Labute approximate surface area is 186 Å². The van der Waals surface area contributed by atoms with E-state index in [0.29, 0.717) is 18.3 Å². The summed E-state index contributed by atoms with van der Waals surface area (Å²) >= 11 is 0. The molecule has 0 aromatic heterocycles. The van der Waals surface area contributed by atoms with Crippen molar-refractivity contribution in [1.82, 2.24) is 4.90 Å². The zero-order valence-electron chi connectivity index (χ0n) is 18.5. The lowest BCUT2D eigenvalue weighted by Crippen LogP contribution is -2.37. The summed E-state index contributed by atoms with van der Waals surface area (Å²) in [6.45, 7) is 4.55. The Morgan fingerprint density at radius 3 is 2.53 bits per heavy atom. The summed E-state index contributed by atoms with van der Waals surface area (Å²) in [5, 5.41) is 16.8. The maximum absolute atomic E-state index is 12.6. The van der Waals surface area contributed by atoms with Crippen LogP contribution in [0, 0.1) is 24.0 Å². The molecule has 0 heterocycles.